The second-order valence-electron chi connectivity index (χ2n) is 14.4. The summed E-state index contributed by atoms with van der Waals surface area (Å²) in [4.78, 5) is 19.8. The van der Waals surface area contributed by atoms with Crippen molar-refractivity contribution in [3.05, 3.63) is 177 Å². The van der Waals surface area contributed by atoms with Gasteiger partial charge in [0.05, 0.1) is 11.1 Å². The third kappa shape index (κ3) is 7.73. The first-order chi connectivity index (χ1) is 28.8. The van der Waals surface area contributed by atoms with E-state index < -0.39 is 17.6 Å². The van der Waals surface area contributed by atoms with Crippen LogP contribution in [0.1, 0.15) is 65.3 Å². The lowest BCUT2D eigenvalue weighted by atomic mass is 9.77. The molecule has 0 aliphatic rings. The lowest BCUT2D eigenvalue weighted by Gasteiger charge is -2.34. The molecule has 0 aliphatic heterocycles. The largest absolute Gasteiger partial charge is 0.455 e. The molecule has 0 bridgehead atoms. The monoisotopic (exact) mass is 868 g/mol. The number of benzene rings is 5. The molecule has 0 saturated carbocycles. The number of hydrogen-bond acceptors (Lipinski definition) is 8. The van der Waals surface area contributed by atoms with E-state index in [2.05, 4.69) is 70.3 Å². The molecule has 8 rings (SSSR count). The molecule has 59 heavy (non-hydrogen) atoms. The van der Waals surface area contributed by atoms with Gasteiger partial charge in [0.15, 0.2) is 16.4 Å². The molecule has 0 amide bonds. The fourth-order valence-electron chi connectivity index (χ4n) is 7.66. The van der Waals surface area contributed by atoms with Crippen LogP contribution >= 0.6 is 27.5 Å². The molecule has 1 atom stereocenters. The Hall–Kier alpha value is -5.88. The van der Waals surface area contributed by atoms with Crippen molar-refractivity contribution in [2.24, 2.45) is 0 Å². The average Bonchev–Trinajstić information content (AvgIpc) is 3.97. The summed E-state index contributed by atoms with van der Waals surface area (Å²) in [6.45, 7) is 4.50. The first kappa shape index (κ1) is 39.9. The van der Waals surface area contributed by atoms with Gasteiger partial charge in [-0.05, 0) is 68.9 Å². The van der Waals surface area contributed by atoms with Crippen LogP contribution in [0.25, 0.3) is 33.7 Å². The molecule has 3 aromatic heterocycles. The van der Waals surface area contributed by atoms with Gasteiger partial charge in [-0.1, -0.05) is 146 Å². The molecule has 5 aromatic carbocycles. The molecule has 0 N–H and O–H groups in total. The fourth-order valence-corrected chi connectivity index (χ4v) is 8.54. The number of esters is 1. The number of halogens is 2. The van der Waals surface area contributed by atoms with E-state index >= 15 is 0 Å². The smallest absolute Gasteiger partial charge is 0.358 e. The van der Waals surface area contributed by atoms with Gasteiger partial charge in [-0.3, -0.25) is 0 Å². The predicted molar refractivity (Wildman–Crippen MR) is 232 cm³/mol. The van der Waals surface area contributed by atoms with E-state index in [-0.39, 0.29) is 17.5 Å². The number of furan rings is 1. The lowest BCUT2D eigenvalue weighted by Crippen LogP contribution is -2.39. The second kappa shape index (κ2) is 17.5. The van der Waals surface area contributed by atoms with Gasteiger partial charge in [0.25, 0.3) is 0 Å². The van der Waals surface area contributed by atoms with E-state index in [9.17, 15) is 4.79 Å². The minimum Gasteiger partial charge on any atom is -0.455 e. The van der Waals surface area contributed by atoms with Gasteiger partial charge in [0, 0.05) is 36.6 Å². The topological polar surface area (TPSA) is 110 Å². The number of nitrogens with zero attached hydrogens (tertiary/aromatic N) is 6. The van der Waals surface area contributed by atoms with Crippen LogP contribution in [-0.2, 0) is 28.0 Å². The Morgan fingerprint density at radius 2 is 1.47 bits per heavy atom. The van der Waals surface area contributed by atoms with Crippen LogP contribution in [0.3, 0.4) is 0 Å². The van der Waals surface area contributed by atoms with Crippen molar-refractivity contribution in [3.63, 3.8) is 0 Å². The average molecular weight is 870 g/mol. The summed E-state index contributed by atoms with van der Waals surface area (Å²) in [5.74, 6) is 1.24. The molecule has 0 radical (unpaired) electrons. The van der Waals surface area contributed by atoms with E-state index in [0.29, 0.717) is 30.1 Å². The number of rotatable bonds is 15. The van der Waals surface area contributed by atoms with Crippen LogP contribution in [0.15, 0.2) is 142 Å². The summed E-state index contributed by atoms with van der Waals surface area (Å²) < 4.78 is 20.1. The van der Waals surface area contributed by atoms with Crippen LogP contribution in [0.5, 0.6) is 0 Å². The molecule has 0 spiro atoms. The van der Waals surface area contributed by atoms with Gasteiger partial charge in [-0.2, -0.15) is 0 Å². The van der Waals surface area contributed by atoms with Gasteiger partial charge < -0.3 is 18.5 Å². The first-order valence-electron chi connectivity index (χ1n) is 19.6. The van der Waals surface area contributed by atoms with E-state index in [4.69, 9.17) is 40.9 Å². The quantitative estimate of drug-likeness (QED) is 0.0740. The Bertz CT molecular complexity index is 2600. The van der Waals surface area contributed by atoms with Crippen LogP contribution < -0.4 is 0 Å². The molecule has 0 saturated heterocycles. The predicted octanol–water partition coefficient (Wildman–Crippen LogP) is 10.8. The van der Waals surface area contributed by atoms with Crippen LogP contribution in [-0.4, -0.2) is 55.5 Å². The highest BCUT2D eigenvalue weighted by atomic mass is 79.9. The zero-order valence-electron chi connectivity index (χ0n) is 32.9. The fraction of sp³-hybridized carbons (Fsp3) is 0.213. The lowest BCUT2D eigenvalue weighted by molar-refractivity contribution is 0.0110. The van der Waals surface area contributed by atoms with Gasteiger partial charge in [-0.15, -0.1) is 15.0 Å². The second-order valence-corrected chi connectivity index (χ2v) is 15.5. The summed E-state index contributed by atoms with van der Waals surface area (Å²) in [5, 5.41) is 15.6. The number of carbonyl (C=O) groups excluding carboxylic acids is 1. The molecule has 3 heterocycles. The molecule has 10 nitrogen and oxygen atoms in total. The first-order valence-corrected chi connectivity index (χ1v) is 20.7. The number of hydrogen-bond donors (Lipinski definition) is 0. The number of fused-ring (bicyclic) bond motifs is 1. The van der Waals surface area contributed by atoms with Crippen molar-refractivity contribution in [2.45, 2.75) is 51.3 Å². The minimum absolute atomic E-state index is 0.120. The highest BCUT2D eigenvalue weighted by molar-refractivity contribution is 9.10. The van der Waals surface area contributed by atoms with E-state index in [1.54, 1.807) is 18.8 Å². The maximum atomic E-state index is 13.4. The molecule has 0 fully saturated rings. The maximum absolute atomic E-state index is 13.4. The van der Waals surface area contributed by atoms with Crippen molar-refractivity contribution >= 4 is 44.5 Å². The van der Waals surface area contributed by atoms with Gasteiger partial charge >= 0.3 is 5.97 Å². The minimum atomic E-state index is -0.922. The zero-order valence-corrected chi connectivity index (χ0v) is 35.2. The summed E-state index contributed by atoms with van der Waals surface area (Å²) in [7, 11) is 1.56. The van der Waals surface area contributed by atoms with Crippen molar-refractivity contribution < 1.29 is 18.7 Å². The Labute approximate surface area is 355 Å². The number of ether oxygens (including phenoxy) is 2. The van der Waals surface area contributed by atoms with Gasteiger partial charge in [0.1, 0.15) is 23.3 Å². The molecule has 1 unspecified atom stereocenters. The summed E-state index contributed by atoms with van der Waals surface area (Å²) in [6, 6.07) is 44.6. The van der Waals surface area contributed by atoms with E-state index in [1.165, 1.54) is 0 Å². The molecule has 298 valence electrons. The van der Waals surface area contributed by atoms with Crippen molar-refractivity contribution in [1.29, 1.82) is 0 Å². The number of aryl methyl sites for hydroxylation is 1. The third-order valence-electron chi connectivity index (χ3n) is 10.4. The van der Waals surface area contributed by atoms with Gasteiger partial charge in [-0.25, -0.2) is 9.78 Å². The molecule has 12 heteroatoms. The maximum Gasteiger partial charge on any atom is 0.358 e. The highest BCUT2D eigenvalue weighted by Gasteiger charge is 2.41. The van der Waals surface area contributed by atoms with E-state index in [0.717, 1.165) is 61.9 Å². The Kier molecular flexibility index (Phi) is 11.9. The number of imidazole rings is 1. The van der Waals surface area contributed by atoms with Crippen molar-refractivity contribution in [2.75, 3.05) is 13.7 Å². The normalized spacial score (nSPS) is 12.2. The number of unbranched alkanes of at least 4 members (excludes halogenated alkanes) is 1. The SMILES string of the molecule is CCCCc1nc(Cl)c(C(=O)OC(C)COC)n1Cc1ccc2oc(-c3ccccc3-c3nnn(C(c4ccccc4)(c4ccccc4)c4ccccc4)n3)c(Br)c2c1. The number of methoxy groups -OCH3 is 1. The van der Waals surface area contributed by atoms with Gasteiger partial charge in [0.2, 0.25) is 5.82 Å². The van der Waals surface area contributed by atoms with Crippen LogP contribution in [0.2, 0.25) is 5.15 Å². The third-order valence-corrected chi connectivity index (χ3v) is 11.4. The highest BCUT2D eigenvalue weighted by Crippen LogP contribution is 2.43. The van der Waals surface area contributed by atoms with Crippen LogP contribution in [0, 0.1) is 0 Å². The summed E-state index contributed by atoms with van der Waals surface area (Å²) in [5.41, 5.74) is 5.42. The summed E-state index contributed by atoms with van der Waals surface area (Å²) in [6.07, 6.45) is 2.07. The Morgan fingerprint density at radius 1 is 0.864 bits per heavy atom. The number of tetrazole rings is 1. The molecule has 0 aliphatic carbocycles. The molecular formula is C47H42BrClN6O4. The summed E-state index contributed by atoms with van der Waals surface area (Å²) >= 11 is 10.5. The zero-order chi connectivity index (χ0) is 40.9. The molecular weight excluding hydrogens is 828 g/mol. The standard InChI is InChI=1S/C47H42BrClN6O4/c1-4-5-25-40-50-44(49)42(46(56)58-31(2)30-57-3)54(40)29-32-26-27-39-38(28-32)41(48)43(59-39)36-23-15-16-24-37(36)45-51-53-55(52-45)47(33-17-9-6-10-18-33,34-19-11-7-12-20-34)35-21-13-8-14-22-35/h6-24,26-28,31H,4-5,25,29-30H2,1-3H3. The molecule has 8 aromatic rings. The van der Waals surface area contributed by atoms with Crippen molar-refractivity contribution in [1.82, 2.24) is 29.8 Å². The van der Waals surface area contributed by atoms with E-state index in [1.807, 2.05) is 95.6 Å². The van der Waals surface area contributed by atoms with Crippen LogP contribution in [0.4, 0.5) is 0 Å². The Morgan fingerprint density at radius 3 is 2.08 bits per heavy atom. The number of aromatic nitrogens is 6. The Balaban J connectivity index is 1.19. The van der Waals surface area contributed by atoms with Crippen molar-refractivity contribution in [3.8, 4) is 22.7 Å². The number of carbonyl (C=O) groups is 1.